The van der Waals surface area contributed by atoms with Gasteiger partial charge in [-0.1, -0.05) is 36.4 Å². The molecule has 2 aromatic heterocycles. The molecule has 0 fully saturated rings. The van der Waals surface area contributed by atoms with Gasteiger partial charge in [-0.05, 0) is 27.0 Å². The molecule has 0 saturated carbocycles. The van der Waals surface area contributed by atoms with E-state index in [1.165, 1.54) is 0 Å². The van der Waals surface area contributed by atoms with Gasteiger partial charge in [0.25, 0.3) is 0 Å². The van der Waals surface area contributed by atoms with E-state index in [0.29, 0.717) is 6.67 Å². The SMILES string of the molecule is C#CC.C/C=N\CNc1c(-c2ccccc2)nc2cnccn12.C=CC. The zero-order valence-electron chi connectivity index (χ0n) is 15.6. The van der Waals surface area contributed by atoms with Crippen LogP contribution in [0.1, 0.15) is 20.8 Å². The zero-order chi connectivity index (χ0) is 19.2. The van der Waals surface area contributed by atoms with E-state index in [1.807, 2.05) is 54.8 Å². The number of nitrogens with zero attached hydrogens (tertiary/aromatic N) is 4. The number of anilines is 1. The van der Waals surface area contributed by atoms with E-state index in [9.17, 15) is 0 Å². The van der Waals surface area contributed by atoms with Gasteiger partial charge in [0.2, 0.25) is 0 Å². The fraction of sp³-hybridized carbons (Fsp3) is 0.190. The zero-order valence-corrected chi connectivity index (χ0v) is 15.6. The van der Waals surface area contributed by atoms with Crippen LogP contribution in [0.15, 0.2) is 66.6 Å². The van der Waals surface area contributed by atoms with Crippen LogP contribution in [0.3, 0.4) is 0 Å². The van der Waals surface area contributed by atoms with Crippen LogP contribution in [-0.4, -0.2) is 27.3 Å². The molecule has 0 aliphatic carbocycles. The summed E-state index contributed by atoms with van der Waals surface area (Å²) in [6.45, 7) is 9.32. The second-order valence-corrected chi connectivity index (χ2v) is 4.95. The number of imidazole rings is 1. The van der Waals surface area contributed by atoms with Gasteiger partial charge in [-0.3, -0.25) is 14.4 Å². The summed E-state index contributed by atoms with van der Waals surface area (Å²) in [5.74, 6) is 3.18. The molecule has 0 saturated heterocycles. The highest BCUT2D eigenvalue weighted by molar-refractivity contribution is 5.76. The molecular formula is C21H25N5. The first-order chi connectivity index (χ1) is 12.7. The van der Waals surface area contributed by atoms with Crippen molar-refractivity contribution < 1.29 is 0 Å². The number of hydrogen-bond donors (Lipinski definition) is 1. The molecule has 0 atom stereocenters. The molecule has 2 heterocycles. The van der Waals surface area contributed by atoms with E-state index < -0.39 is 0 Å². The van der Waals surface area contributed by atoms with Gasteiger partial charge < -0.3 is 5.32 Å². The third-order valence-corrected chi connectivity index (χ3v) is 3.00. The highest BCUT2D eigenvalue weighted by Crippen LogP contribution is 2.27. The van der Waals surface area contributed by atoms with Crippen molar-refractivity contribution in [2.45, 2.75) is 20.8 Å². The van der Waals surface area contributed by atoms with Gasteiger partial charge in [0, 0.05) is 18.0 Å². The molecule has 0 aliphatic heterocycles. The Morgan fingerprint density at radius 3 is 2.58 bits per heavy atom. The van der Waals surface area contributed by atoms with Crippen molar-refractivity contribution in [3.63, 3.8) is 0 Å². The largest absolute Gasteiger partial charge is 0.350 e. The lowest BCUT2D eigenvalue weighted by molar-refractivity contribution is 1.07. The summed E-state index contributed by atoms with van der Waals surface area (Å²) in [7, 11) is 0. The summed E-state index contributed by atoms with van der Waals surface area (Å²) in [4.78, 5) is 13.0. The average molecular weight is 347 g/mol. The number of allylic oxidation sites excluding steroid dienone is 1. The van der Waals surface area contributed by atoms with Gasteiger partial charge in [-0.25, -0.2) is 4.98 Å². The van der Waals surface area contributed by atoms with E-state index in [-0.39, 0.29) is 0 Å². The lowest BCUT2D eigenvalue weighted by Gasteiger charge is -2.06. The van der Waals surface area contributed by atoms with Gasteiger partial charge in [0.05, 0.1) is 6.20 Å². The quantitative estimate of drug-likeness (QED) is 0.423. The Morgan fingerprint density at radius 2 is 1.96 bits per heavy atom. The van der Waals surface area contributed by atoms with Crippen molar-refractivity contribution in [1.82, 2.24) is 14.4 Å². The molecule has 0 bridgehead atoms. The number of aliphatic imine (C=N–C) groups is 1. The normalized spacial score (nSPS) is 9.46. The third kappa shape index (κ3) is 5.91. The Labute approximate surface area is 155 Å². The average Bonchev–Trinajstić information content (AvgIpc) is 3.03. The summed E-state index contributed by atoms with van der Waals surface area (Å²) < 4.78 is 1.99. The van der Waals surface area contributed by atoms with E-state index in [1.54, 1.807) is 31.6 Å². The monoisotopic (exact) mass is 347 g/mol. The number of aromatic nitrogens is 3. The lowest BCUT2D eigenvalue weighted by atomic mass is 10.1. The molecule has 0 spiro atoms. The number of rotatable bonds is 4. The van der Waals surface area contributed by atoms with Crippen LogP contribution in [0.2, 0.25) is 0 Å². The maximum Gasteiger partial charge on any atom is 0.157 e. The summed E-state index contributed by atoms with van der Waals surface area (Å²) in [5.41, 5.74) is 2.79. The fourth-order valence-corrected chi connectivity index (χ4v) is 2.08. The summed E-state index contributed by atoms with van der Waals surface area (Å²) in [6.07, 6.45) is 13.5. The van der Waals surface area contributed by atoms with Crippen LogP contribution in [0.5, 0.6) is 0 Å². The van der Waals surface area contributed by atoms with E-state index in [4.69, 9.17) is 0 Å². The molecule has 134 valence electrons. The van der Waals surface area contributed by atoms with Crippen molar-refractivity contribution in [2.24, 2.45) is 4.99 Å². The maximum absolute atomic E-state index is 4.65. The van der Waals surface area contributed by atoms with Crippen LogP contribution >= 0.6 is 0 Å². The smallest absolute Gasteiger partial charge is 0.157 e. The van der Waals surface area contributed by atoms with Gasteiger partial charge in [0.1, 0.15) is 18.2 Å². The molecule has 0 aliphatic rings. The van der Waals surface area contributed by atoms with Crippen molar-refractivity contribution >= 4 is 17.7 Å². The first kappa shape index (κ1) is 20.7. The lowest BCUT2D eigenvalue weighted by Crippen LogP contribution is -2.03. The molecule has 5 heteroatoms. The highest BCUT2D eigenvalue weighted by atomic mass is 15.2. The minimum absolute atomic E-state index is 0.520. The van der Waals surface area contributed by atoms with Crippen LogP contribution in [0, 0.1) is 12.3 Å². The topological polar surface area (TPSA) is 54.6 Å². The van der Waals surface area contributed by atoms with E-state index in [2.05, 4.69) is 39.2 Å². The minimum atomic E-state index is 0.520. The van der Waals surface area contributed by atoms with Crippen molar-refractivity contribution in [3.05, 3.63) is 61.6 Å². The third-order valence-electron chi connectivity index (χ3n) is 3.00. The molecule has 1 aromatic carbocycles. The molecule has 5 nitrogen and oxygen atoms in total. The fourth-order valence-electron chi connectivity index (χ4n) is 2.08. The van der Waals surface area contributed by atoms with Crippen LogP contribution in [0.25, 0.3) is 16.9 Å². The van der Waals surface area contributed by atoms with Crippen LogP contribution in [-0.2, 0) is 0 Å². The highest BCUT2D eigenvalue weighted by Gasteiger charge is 2.12. The van der Waals surface area contributed by atoms with Gasteiger partial charge >= 0.3 is 0 Å². The molecule has 3 aromatic rings. The molecule has 0 amide bonds. The van der Waals surface area contributed by atoms with E-state index in [0.717, 1.165) is 22.7 Å². The molecule has 1 N–H and O–H groups in total. The van der Waals surface area contributed by atoms with Crippen molar-refractivity contribution in [3.8, 4) is 23.6 Å². The number of hydrogen-bond acceptors (Lipinski definition) is 4. The van der Waals surface area contributed by atoms with Crippen molar-refractivity contribution in [2.75, 3.05) is 12.0 Å². The summed E-state index contributed by atoms with van der Waals surface area (Å²) >= 11 is 0. The molecule has 3 rings (SSSR count). The number of fused-ring (bicyclic) bond motifs is 1. The van der Waals surface area contributed by atoms with Crippen molar-refractivity contribution in [1.29, 1.82) is 0 Å². The Bertz CT molecular complexity index is 857. The standard InChI is InChI=1S/C15H15N5.C3H6.C3H4/c1-2-16-11-18-15-14(12-6-4-3-5-7-12)19-13-10-17-8-9-20(13)15;2*1-3-2/h2-10,18H,11H2,1H3;3H,1H2,2H3;1H,2H3/b16-2-;;. The first-order valence-electron chi connectivity index (χ1n) is 8.23. The molecule has 0 radical (unpaired) electrons. The predicted octanol–water partition coefficient (Wildman–Crippen LogP) is 4.69. The Hall–Kier alpha value is -3.39. The second kappa shape index (κ2) is 12.0. The molecule has 0 unspecified atom stereocenters. The first-order valence-corrected chi connectivity index (χ1v) is 8.23. The summed E-state index contributed by atoms with van der Waals surface area (Å²) in [5, 5.41) is 3.31. The summed E-state index contributed by atoms with van der Waals surface area (Å²) in [6, 6.07) is 10.1. The second-order valence-electron chi connectivity index (χ2n) is 4.95. The molecule has 26 heavy (non-hydrogen) atoms. The maximum atomic E-state index is 4.65. The van der Waals surface area contributed by atoms with Gasteiger partial charge in [-0.2, -0.15) is 0 Å². The Kier molecular flexibility index (Phi) is 9.57. The Morgan fingerprint density at radius 1 is 1.31 bits per heavy atom. The number of terminal acetylenes is 1. The number of benzene rings is 1. The van der Waals surface area contributed by atoms with E-state index >= 15 is 0 Å². The number of nitrogens with one attached hydrogen (secondary N) is 1. The molecular weight excluding hydrogens is 322 g/mol. The van der Waals surface area contributed by atoms with Crippen LogP contribution in [0.4, 0.5) is 5.82 Å². The van der Waals surface area contributed by atoms with Gasteiger partial charge in [0.15, 0.2) is 5.65 Å². The predicted molar refractivity (Wildman–Crippen MR) is 111 cm³/mol. The van der Waals surface area contributed by atoms with Crippen LogP contribution < -0.4 is 5.32 Å². The Balaban J connectivity index is 0.000000499. The van der Waals surface area contributed by atoms with Gasteiger partial charge in [-0.15, -0.1) is 18.9 Å². The minimum Gasteiger partial charge on any atom is -0.350 e.